The zero-order valence-electron chi connectivity index (χ0n) is 10.9. The summed E-state index contributed by atoms with van der Waals surface area (Å²) in [5.74, 6) is -0.0803. The van der Waals surface area contributed by atoms with Gasteiger partial charge in [-0.25, -0.2) is 4.39 Å². The van der Waals surface area contributed by atoms with Crippen molar-refractivity contribution < 1.29 is 13.9 Å². The molecule has 0 saturated carbocycles. The third-order valence-corrected chi connectivity index (χ3v) is 2.40. The highest BCUT2D eigenvalue weighted by Gasteiger charge is 2.10. The van der Waals surface area contributed by atoms with E-state index in [0.717, 1.165) is 6.42 Å². The molecule has 0 aliphatic rings. The Hall–Kier alpha value is -1.33. The van der Waals surface area contributed by atoms with Crippen LogP contribution in [0.5, 0.6) is 5.75 Å². The van der Waals surface area contributed by atoms with Crippen LogP contribution in [0.25, 0.3) is 0 Å². The smallest absolute Gasteiger partial charge is 0.237 e. The molecule has 3 N–H and O–H groups in total. The van der Waals surface area contributed by atoms with Gasteiger partial charge in [0.2, 0.25) is 5.91 Å². The average Bonchev–Trinajstić information content (AvgIpc) is 2.35. The molecule has 19 heavy (non-hydrogen) atoms. The number of carbonyl (C=O) groups is 1. The van der Waals surface area contributed by atoms with Crippen LogP contribution in [0.1, 0.15) is 19.8 Å². The summed E-state index contributed by atoms with van der Waals surface area (Å²) in [6.07, 6.45) is 1.53. The van der Waals surface area contributed by atoms with Gasteiger partial charge in [0.25, 0.3) is 0 Å². The summed E-state index contributed by atoms with van der Waals surface area (Å²) in [4.78, 5) is 11.4. The van der Waals surface area contributed by atoms with Crippen molar-refractivity contribution in [3.63, 3.8) is 0 Å². The van der Waals surface area contributed by atoms with E-state index in [0.29, 0.717) is 18.7 Å². The van der Waals surface area contributed by atoms with E-state index in [1.807, 2.05) is 6.92 Å². The molecule has 1 aromatic carbocycles. The molecular formula is C13H20ClFN2O2. The quantitative estimate of drug-likeness (QED) is 0.754. The lowest BCUT2D eigenvalue weighted by Crippen LogP contribution is -2.41. The molecule has 0 radical (unpaired) electrons. The van der Waals surface area contributed by atoms with Gasteiger partial charge in [0.05, 0.1) is 12.6 Å². The second-order valence-electron chi connectivity index (χ2n) is 3.99. The summed E-state index contributed by atoms with van der Waals surface area (Å²) in [5.41, 5.74) is 5.64. The van der Waals surface area contributed by atoms with Gasteiger partial charge in [-0.2, -0.15) is 0 Å². The second-order valence-corrected chi connectivity index (χ2v) is 3.99. The number of benzene rings is 1. The van der Waals surface area contributed by atoms with Crippen molar-refractivity contribution in [2.75, 3.05) is 13.2 Å². The van der Waals surface area contributed by atoms with Crippen LogP contribution < -0.4 is 15.8 Å². The van der Waals surface area contributed by atoms with E-state index in [4.69, 9.17) is 10.5 Å². The first-order valence-corrected chi connectivity index (χ1v) is 6.05. The minimum Gasteiger partial charge on any atom is -0.492 e. The van der Waals surface area contributed by atoms with Gasteiger partial charge in [-0.1, -0.05) is 19.4 Å². The number of halogens is 2. The fraction of sp³-hybridized carbons (Fsp3) is 0.462. The van der Waals surface area contributed by atoms with E-state index < -0.39 is 6.04 Å². The molecule has 108 valence electrons. The first kappa shape index (κ1) is 17.7. The zero-order chi connectivity index (χ0) is 13.4. The number of hydrogen-bond donors (Lipinski definition) is 2. The molecule has 1 amide bonds. The van der Waals surface area contributed by atoms with Gasteiger partial charge >= 0.3 is 0 Å². The molecule has 0 aliphatic carbocycles. The number of rotatable bonds is 7. The molecule has 0 heterocycles. The summed E-state index contributed by atoms with van der Waals surface area (Å²) in [6.45, 7) is 2.61. The van der Waals surface area contributed by atoms with E-state index in [2.05, 4.69) is 5.32 Å². The number of ether oxygens (including phenoxy) is 1. The van der Waals surface area contributed by atoms with E-state index >= 15 is 0 Å². The molecule has 1 atom stereocenters. The standard InChI is InChI=1S/C13H19FN2O2.ClH/c1-2-4-12(15)13(17)16-7-8-18-11-6-3-5-10(14)9-11;/h3,5-6,9,12H,2,4,7-8,15H2,1H3,(H,16,17);1H. The van der Waals surface area contributed by atoms with Crippen LogP contribution in [0.4, 0.5) is 4.39 Å². The van der Waals surface area contributed by atoms with Gasteiger partial charge in [-0.05, 0) is 18.6 Å². The minimum absolute atomic E-state index is 0. The Morgan fingerprint density at radius 1 is 1.53 bits per heavy atom. The Balaban J connectivity index is 0.00000324. The summed E-state index contributed by atoms with van der Waals surface area (Å²) < 4.78 is 18.1. The van der Waals surface area contributed by atoms with E-state index in [1.165, 1.54) is 12.1 Å². The molecule has 4 nitrogen and oxygen atoms in total. The Morgan fingerprint density at radius 3 is 2.89 bits per heavy atom. The normalized spacial score (nSPS) is 11.3. The van der Waals surface area contributed by atoms with Crippen molar-refractivity contribution in [2.24, 2.45) is 5.73 Å². The van der Waals surface area contributed by atoms with Crippen molar-refractivity contribution >= 4 is 18.3 Å². The van der Waals surface area contributed by atoms with Gasteiger partial charge in [0.1, 0.15) is 18.2 Å². The number of amides is 1. The number of carbonyl (C=O) groups excluding carboxylic acids is 1. The number of nitrogens with two attached hydrogens (primary N) is 1. The van der Waals surface area contributed by atoms with Crippen LogP contribution >= 0.6 is 12.4 Å². The first-order valence-electron chi connectivity index (χ1n) is 6.05. The molecule has 0 aromatic heterocycles. The van der Waals surface area contributed by atoms with E-state index in [1.54, 1.807) is 12.1 Å². The molecule has 1 rings (SSSR count). The predicted molar refractivity (Wildman–Crippen MR) is 75.0 cm³/mol. The van der Waals surface area contributed by atoms with Crippen molar-refractivity contribution in [2.45, 2.75) is 25.8 Å². The summed E-state index contributed by atoms with van der Waals surface area (Å²) in [7, 11) is 0. The van der Waals surface area contributed by atoms with Crippen molar-refractivity contribution in [1.82, 2.24) is 5.32 Å². The van der Waals surface area contributed by atoms with Crippen molar-refractivity contribution in [3.8, 4) is 5.75 Å². The third-order valence-electron chi connectivity index (χ3n) is 2.40. The van der Waals surface area contributed by atoms with Gasteiger partial charge in [0, 0.05) is 6.07 Å². The lowest BCUT2D eigenvalue weighted by molar-refractivity contribution is -0.122. The second kappa shape index (κ2) is 9.58. The Kier molecular flexibility index (Phi) is 8.91. The first-order chi connectivity index (χ1) is 8.63. The molecule has 0 saturated heterocycles. The van der Waals surface area contributed by atoms with Crippen molar-refractivity contribution in [3.05, 3.63) is 30.1 Å². The molecule has 6 heteroatoms. The maximum Gasteiger partial charge on any atom is 0.237 e. The monoisotopic (exact) mass is 290 g/mol. The van der Waals surface area contributed by atoms with Crippen LogP contribution in [0.2, 0.25) is 0 Å². The topological polar surface area (TPSA) is 64.4 Å². The Morgan fingerprint density at radius 2 is 2.26 bits per heavy atom. The lowest BCUT2D eigenvalue weighted by Gasteiger charge is -2.11. The van der Waals surface area contributed by atoms with Crippen LogP contribution in [0.15, 0.2) is 24.3 Å². The Labute approximate surface area is 118 Å². The van der Waals surface area contributed by atoms with E-state index in [-0.39, 0.29) is 30.7 Å². The highest BCUT2D eigenvalue weighted by molar-refractivity contribution is 5.85. The SMILES string of the molecule is CCCC(N)C(=O)NCCOc1cccc(F)c1.Cl. The molecule has 1 aromatic rings. The molecule has 0 aliphatic heterocycles. The molecule has 0 spiro atoms. The fourth-order valence-corrected chi connectivity index (χ4v) is 1.47. The average molecular weight is 291 g/mol. The molecule has 0 bridgehead atoms. The maximum absolute atomic E-state index is 12.8. The summed E-state index contributed by atoms with van der Waals surface area (Å²) in [5, 5.41) is 2.67. The van der Waals surface area contributed by atoms with Crippen LogP contribution in [-0.2, 0) is 4.79 Å². The predicted octanol–water partition coefficient (Wildman–Crippen LogP) is 1.87. The zero-order valence-corrected chi connectivity index (χ0v) is 11.7. The number of nitrogens with one attached hydrogen (secondary N) is 1. The highest BCUT2D eigenvalue weighted by Crippen LogP contribution is 2.11. The minimum atomic E-state index is -0.468. The maximum atomic E-state index is 12.8. The fourth-order valence-electron chi connectivity index (χ4n) is 1.47. The van der Waals surface area contributed by atoms with Crippen LogP contribution in [-0.4, -0.2) is 25.1 Å². The Bertz CT molecular complexity index is 391. The molecule has 0 fully saturated rings. The van der Waals surface area contributed by atoms with Gasteiger partial charge in [-0.3, -0.25) is 4.79 Å². The summed E-state index contributed by atoms with van der Waals surface area (Å²) >= 11 is 0. The van der Waals surface area contributed by atoms with Gasteiger partial charge < -0.3 is 15.8 Å². The van der Waals surface area contributed by atoms with E-state index in [9.17, 15) is 9.18 Å². The number of hydrogen-bond acceptors (Lipinski definition) is 3. The third kappa shape index (κ3) is 6.98. The largest absolute Gasteiger partial charge is 0.492 e. The van der Waals surface area contributed by atoms with Gasteiger partial charge in [-0.15, -0.1) is 12.4 Å². The van der Waals surface area contributed by atoms with Crippen LogP contribution in [0, 0.1) is 5.82 Å². The van der Waals surface area contributed by atoms with Crippen LogP contribution in [0.3, 0.4) is 0 Å². The highest BCUT2D eigenvalue weighted by atomic mass is 35.5. The van der Waals surface area contributed by atoms with Crippen molar-refractivity contribution in [1.29, 1.82) is 0 Å². The van der Waals surface area contributed by atoms with Gasteiger partial charge in [0.15, 0.2) is 0 Å². The lowest BCUT2D eigenvalue weighted by atomic mass is 10.2. The summed E-state index contributed by atoms with van der Waals surface area (Å²) in [6, 6.07) is 5.40. The molecule has 1 unspecified atom stereocenters. The molecular weight excluding hydrogens is 271 g/mol.